The Hall–Kier alpha value is -9.30. The molecule has 0 bridgehead atoms. The van der Waals surface area contributed by atoms with Crippen LogP contribution in [0.3, 0.4) is 0 Å². The average Bonchev–Trinajstić information content (AvgIpc) is 0.719. The van der Waals surface area contributed by atoms with Gasteiger partial charge in [0, 0.05) is 73.2 Å². The van der Waals surface area contributed by atoms with Gasteiger partial charge >= 0.3 is 23.4 Å². The number of hydrogen-bond acceptors (Lipinski definition) is 15. The fourth-order valence-electron chi connectivity index (χ4n) is 13.0. The Morgan fingerprint density at radius 1 is 0.600 bits per heavy atom. The Labute approximate surface area is 584 Å². The predicted molar refractivity (Wildman–Crippen MR) is 376 cm³/mol. The zero-order valence-corrected chi connectivity index (χ0v) is 59.9. The summed E-state index contributed by atoms with van der Waals surface area (Å²) in [6, 6.07) is 9.99. The third kappa shape index (κ3) is 14.0. The van der Waals surface area contributed by atoms with Gasteiger partial charge < -0.3 is 44.3 Å². The van der Waals surface area contributed by atoms with Crippen molar-refractivity contribution in [3.63, 3.8) is 0 Å². The number of rotatable bonds is 13. The number of hydrogen-bond donors (Lipinski definition) is 1. The number of nitrogens with two attached hydrogens (primary N) is 1. The number of aryl methyl sites for hydroxylation is 2. The van der Waals surface area contributed by atoms with Crippen molar-refractivity contribution in [2.75, 3.05) is 67.7 Å². The number of carbonyl (C=O) groups is 2. The van der Waals surface area contributed by atoms with Crippen molar-refractivity contribution in [1.29, 1.82) is 0 Å². The largest absolute Gasteiger partial charge is 0.496 e. The lowest BCUT2D eigenvalue weighted by Crippen LogP contribution is -2.60. The minimum Gasteiger partial charge on any atom is -0.496 e. The molecule has 2 N–H and O–H groups in total. The Morgan fingerprint density at radius 3 is 1.34 bits per heavy atom. The summed E-state index contributed by atoms with van der Waals surface area (Å²) in [5, 5.41) is 12.6. The summed E-state index contributed by atoms with van der Waals surface area (Å²) in [5.41, 5.74) is 0.233. The molecule has 8 aromatic rings. The molecule has 0 aliphatic carbocycles. The second-order valence-electron chi connectivity index (χ2n) is 27.4. The number of ether oxygens (including phenoxy) is 4. The second kappa shape index (κ2) is 29.1. The first kappa shape index (κ1) is 74.9. The summed E-state index contributed by atoms with van der Waals surface area (Å²) < 4.78 is 122. The highest BCUT2D eigenvalue weighted by atomic mass is 35.5. The lowest BCUT2D eigenvalue weighted by atomic mass is 9.97. The highest BCUT2D eigenvalue weighted by Crippen LogP contribution is 2.47. The van der Waals surface area contributed by atoms with Crippen LogP contribution in [0.1, 0.15) is 117 Å². The normalized spacial score (nSPS) is 16.7. The number of aromatic nitrogens is 4. The Kier molecular flexibility index (Phi) is 21.8. The number of amides is 2. The number of pyridine rings is 4. The molecule has 2 saturated heterocycles. The van der Waals surface area contributed by atoms with E-state index in [1.165, 1.54) is 59.4 Å². The molecule has 2 fully saturated rings. The number of fused-ring (bicyclic) bond motifs is 2. The summed E-state index contributed by atoms with van der Waals surface area (Å²) in [6.07, 6.45) is 1.89. The minimum atomic E-state index is -1.36. The van der Waals surface area contributed by atoms with Crippen molar-refractivity contribution in [3.05, 3.63) is 161 Å². The van der Waals surface area contributed by atoms with Gasteiger partial charge in [0.25, 0.3) is 5.56 Å². The maximum absolute atomic E-state index is 17.4. The van der Waals surface area contributed by atoms with Gasteiger partial charge in [0.1, 0.15) is 57.3 Å². The van der Waals surface area contributed by atoms with Gasteiger partial charge in [-0.2, -0.15) is 0 Å². The van der Waals surface area contributed by atoms with Gasteiger partial charge in [-0.25, -0.2) is 35.9 Å². The van der Waals surface area contributed by atoms with Gasteiger partial charge in [-0.15, -0.1) is 23.2 Å². The van der Waals surface area contributed by atoms with Crippen molar-refractivity contribution < 1.29 is 59.8 Å². The van der Waals surface area contributed by atoms with Crippen molar-refractivity contribution in [2.24, 2.45) is 0 Å². The van der Waals surface area contributed by atoms with Crippen LogP contribution in [0, 0.1) is 58.9 Å². The molecule has 28 heteroatoms. The molecule has 4 atom stereocenters. The fourth-order valence-corrected chi connectivity index (χ4v) is 13.5. The van der Waals surface area contributed by atoms with Crippen LogP contribution in [0.15, 0.2) is 82.6 Å². The molecule has 2 aliphatic heterocycles. The SMILES string of the molecule is COc1cccc(F)c1-c1c(F)cc2c(N3C[C@@H](C)N(C(=O)OC(C)(C)C)C[C@@H]3CCl)c(N)c(=O)n(-c3c(C)ccnc3C(C)C)c2c1F.COc1cccc(F)c1-c1c(F)cc2c(N3C[C@@H](C)N(C(=O)OC(C)(C)C)C[C@@H]3CCl)c([N+](=O)[O-])c(=O)n(-c3c(C)ccnc3C(C)C)c2c1F. The topological polar surface area (TPSA) is 223 Å². The first-order valence-corrected chi connectivity index (χ1v) is 33.3. The van der Waals surface area contributed by atoms with E-state index in [0.29, 0.717) is 22.5 Å². The molecule has 2 amide bonds. The van der Waals surface area contributed by atoms with Gasteiger partial charge in [-0.1, -0.05) is 39.8 Å². The van der Waals surface area contributed by atoms with Gasteiger partial charge in [0.15, 0.2) is 11.6 Å². The van der Waals surface area contributed by atoms with Crippen molar-refractivity contribution in [2.45, 2.75) is 144 Å². The van der Waals surface area contributed by atoms with E-state index in [0.717, 1.165) is 33.4 Å². The Bertz CT molecular complexity index is 4680. The van der Waals surface area contributed by atoms with E-state index in [4.69, 9.17) is 47.9 Å². The van der Waals surface area contributed by atoms with Crippen LogP contribution in [0.5, 0.6) is 11.5 Å². The monoisotopic (exact) mass is 1430 g/mol. The van der Waals surface area contributed by atoms with E-state index in [1.54, 1.807) is 106 Å². The first-order valence-electron chi connectivity index (χ1n) is 32.3. The molecule has 4 aromatic carbocycles. The average molecular weight is 1430 g/mol. The number of nitrogens with zero attached hydrogens (tertiary/aromatic N) is 9. The summed E-state index contributed by atoms with van der Waals surface area (Å²) >= 11 is 12.9. The van der Waals surface area contributed by atoms with E-state index in [9.17, 15) is 29.3 Å². The molecule has 100 heavy (non-hydrogen) atoms. The fraction of sp³-hybridized carbons (Fsp3) is 0.417. The van der Waals surface area contributed by atoms with E-state index in [2.05, 4.69) is 9.97 Å². The molecule has 6 heterocycles. The van der Waals surface area contributed by atoms with Gasteiger partial charge in [0.05, 0.1) is 93.0 Å². The number of methoxy groups -OCH3 is 2. The van der Waals surface area contributed by atoms with Gasteiger partial charge in [-0.05, 0) is 141 Å². The highest BCUT2D eigenvalue weighted by molar-refractivity contribution is 6.19. The number of carbonyl (C=O) groups excluding carboxylic acids is 2. The molecule has 0 spiro atoms. The molecule has 534 valence electrons. The van der Waals surface area contributed by atoms with Crippen LogP contribution in [0.2, 0.25) is 0 Å². The standard InChI is InChI=1S/C36H39ClF3N5O6.C36H41ClF3N5O4/c1-18(2)29-30(19(3)12-13-41-29)44-31-22(14-24(39)27(28(31)40)26-23(38)10-9-11-25(26)50-8)32(33(34(44)46)45(48)49)43-16-20(4)42(17-21(43)15-37)35(47)51-36(5,6)7;1-18(2)30-31(19(3)12-13-42-30)45-32-22(14-24(39)27(28(32)40)26-23(38)10-9-11-25(26)48-8)33(29(41)34(45)46)44-16-20(4)43(17-21(44)15-37)35(47)49-36(5,6)7/h9-14,18,20-21H,15-17H2,1-8H3;9-14,18,20-21H,15-17,41H2,1-8H3/t2*20-,21+/m11/s1. The molecule has 20 nitrogen and oxygen atoms in total. The quantitative estimate of drug-likeness (QED) is 0.0490. The zero-order chi connectivity index (χ0) is 73.8. The molecular formula is C72H80Cl2F6N10O10. The smallest absolute Gasteiger partial charge is 0.410 e. The van der Waals surface area contributed by atoms with E-state index >= 15 is 26.3 Å². The maximum Gasteiger partial charge on any atom is 0.410 e. The highest BCUT2D eigenvalue weighted by Gasteiger charge is 2.44. The summed E-state index contributed by atoms with van der Waals surface area (Å²) in [5.74, 6) is -7.91. The maximum atomic E-state index is 17.4. The van der Waals surface area contributed by atoms with Crippen LogP contribution in [-0.4, -0.2) is 134 Å². The van der Waals surface area contributed by atoms with Gasteiger partial charge in [0.2, 0.25) is 0 Å². The zero-order valence-electron chi connectivity index (χ0n) is 58.3. The number of anilines is 3. The number of piperazine rings is 2. The third-order valence-corrected chi connectivity index (χ3v) is 18.2. The van der Waals surface area contributed by atoms with E-state index in [-0.39, 0.29) is 100 Å². The van der Waals surface area contributed by atoms with Crippen LogP contribution >= 0.6 is 23.2 Å². The second-order valence-corrected chi connectivity index (χ2v) is 28.1. The van der Waals surface area contributed by atoms with Gasteiger partial charge in [-0.3, -0.25) is 38.8 Å². The summed E-state index contributed by atoms with van der Waals surface area (Å²) in [7, 11) is 2.48. The number of alkyl halides is 2. The first-order chi connectivity index (χ1) is 46.9. The number of halogens is 8. The third-order valence-electron chi connectivity index (χ3n) is 17.5. The van der Waals surface area contributed by atoms with Crippen LogP contribution in [-0.2, 0) is 9.47 Å². The molecule has 2 aliphatic rings. The molecule has 0 radical (unpaired) electrons. The molecule has 0 saturated carbocycles. The van der Waals surface area contributed by atoms with Crippen LogP contribution in [0.4, 0.5) is 58.7 Å². The lowest BCUT2D eigenvalue weighted by Gasteiger charge is -2.46. The van der Waals surface area contributed by atoms with Crippen LogP contribution < -0.4 is 36.1 Å². The van der Waals surface area contributed by atoms with Crippen molar-refractivity contribution in [1.82, 2.24) is 28.9 Å². The molecule has 10 rings (SSSR count). The minimum absolute atomic E-state index is 0.0231. The van der Waals surface area contributed by atoms with Crippen molar-refractivity contribution >= 4 is 79.9 Å². The number of nitro groups is 1. The molecular weight excluding hydrogens is 1350 g/mol. The van der Waals surface area contributed by atoms with E-state index < -0.39 is 138 Å². The lowest BCUT2D eigenvalue weighted by molar-refractivity contribution is -0.385. The Morgan fingerprint density at radius 2 is 0.980 bits per heavy atom. The summed E-state index contributed by atoms with van der Waals surface area (Å²) in [6.45, 7) is 24.5. The Balaban J connectivity index is 0.000000233. The number of benzene rings is 4. The predicted octanol–water partition coefficient (Wildman–Crippen LogP) is 15.4. The number of nitrogen functional groups attached to an aromatic ring is 1. The van der Waals surface area contributed by atoms with Crippen LogP contribution in [0.25, 0.3) is 55.4 Å². The summed E-state index contributed by atoms with van der Waals surface area (Å²) in [4.78, 5) is 82.7. The molecule has 0 unspecified atom stereocenters. The van der Waals surface area contributed by atoms with Crippen molar-refractivity contribution in [3.8, 4) is 45.1 Å². The van der Waals surface area contributed by atoms with E-state index in [1.807, 2.05) is 13.8 Å². The molecule has 4 aromatic heterocycles.